The highest BCUT2D eigenvalue weighted by Gasteiger charge is 2.07. The van der Waals surface area contributed by atoms with Crippen molar-refractivity contribution >= 4 is 17.3 Å². The molecule has 0 radical (unpaired) electrons. The topological polar surface area (TPSA) is 59.0 Å². The van der Waals surface area contributed by atoms with Crippen molar-refractivity contribution in [3.63, 3.8) is 0 Å². The SMILES string of the molecule is O=C(CNc1ccncc1)Nc1ccccc1-n1cccc1. The normalized spacial score (nSPS) is 10.2. The van der Waals surface area contributed by atoms with Gasteiger partial charge < -0.3 is 15.2 Å². The van der Waals surface area contributed by atoms with E-state index in [9.17, 15) is 4.79 Å². The molecule has 0 aliphatic rings. The number of nitrogens with one attached hydrogen (secondary N) is 2. The van der Waals surface area contributed by atoms with Crippen molar-refractivity contribution in [3.05, 3.63) is 73.3 Å². The third kappa shape index (κ3) is 3.32. The van der Waals surface area contributed by atoms with Crippen molar-refractivity contribution in [1.82, 2.24) is 9.55 Å². The summed E-state index contributed by atoms with van der Waals surface area (Å²) in [5.74, 6) is -0.101. The summed E-state index contributed by atoms with van der Waals surface area (Å²) in [7, 11) is 0. The van der Waals surface area contributed by atoms with Crippen LogP contribution in [-0.4, -0.2) is 22.0 Å². The molecule has 0 bridgehead atoms. The lowest BCUT2D eigenvalue weighted by atomic mass is 10.2. The average Bonchev–Trinajstić information content (AvgIpc) is 3.09. The highest BCUT2D eigenvalue weighted by molar-refractivity contribution is 5.95. The Kier molecular flexibility index (Phi) is 4.15. The van der Waals surface area contributed by atoms with Gasteiger partial charge in [-0.3, -0.25) is 9.78 Å². The molecule has 1 amide bonds. The van der Waals surface area contributed by atoms with Crippen LogP contribution in [-0.2, 0) is 4.79 Å². The van der Waals surface area contributed by atoms with Crippen LogP contribution in [0.25, 0.3) is 5.69 Å². The van der Waals surface area contributed by atoms with Gasteiger partial charge in [-0.25, -0.2) is 0 Å². The van der Waals surface area contributed by atoms with Crippen LogP contribution >= 0.6 is 0 Å². The van der Waals surface area contributed by atoms with Crippen LogP contribution in [0.3, 0.4) is 0 Å². The van der Waals surface area contributed by atoms with Crippen molar-refractivity contribution in [2.24, 2.45) is 0 Å². The number of hydrogen-bond donors (Lipinski definition) is 2. The molecule has 0 aliphatic heterocycles. The molecule has 2 heterocycles. The molecule has 3 aromatic rings. The first-order chi connectivity index (χ1) is 10.8. The minimum atomic E-state index is -0.101. The number of anilines is 2. The molecule has 22 heavy (non-hydrogen) atoms. The van der Waals surface area contributed by atoms with Crippen LogP contribution in [0.5, 0.6) is 0 Å². The zero-order valence-electron chi connectivity index (χ0n) is 11.9. The number of hydrogen-bond acceptors (Lipinski definition) is 3. The third-order valence-corrected chi connectivity index (χ3v) is 3.19. The van der Waals surface area contributed by atoms with Crippen LogP contribution in [0.2, 0.25) is 0 Å². The van der Waals surface area contributed by atoms with Gasteiger partial charge >= 0.3 is 0 Å². The minimum Gasteiger partial charge on any atom is -0.376 e. The molecule has 1 aromatic carbocycles. The first kappa shape index (κ1) is 13.9. The first-order valence-corrected chi connectivity index (χ1v) is 6.99. The van der Waals surface area contributed by atoms with Gasteiger partial charge in [-0.05, 0) is 36.4 Å². The van der Waals surface area contributed by atoms with Crippen LogP contribution in [0.15, 0.2) is 73.3 Å². The van der Waals surface area contributed by atoms with Crippen molar-refractivity contribution in [3.8, 4) is 5.69 Å². The Morgan fingerprint density at radius 3 is 2.50 bits per heavy atom. The molecule has 0 saturated heterocycles. The molecule has 2 N–H and O–H groups in total. The van der Waals surface area contributed by atoms with Gasteiger partial charge in [0.1, 0.15) is 0 Å². The van der Waals surface area contributed by atoms with E-state index in [0.717, 1.165) is 17.1 Å². The van der Waals surface area contributed by atoms with Gasteiger partial charge in [0.05, 0.1) is 17.9 Å². The smallest absolute Gasteiger partial charge is 0.243 e. The lowest BCUT2D eigenvalue weighted by Crippen LogP contribution is -2.22. The van der Waals surface area contributed by atoms with Crippen LogP contribution in [0.4, 0.5) is 11.4 Å². The maximum absolute atomic E-state index is 12.1. The number of aromatic nitrogens is 2. The Morgan fingerprint density at radius 2 is 1.73 bits per heavy atom. The lowest BCUT2D eigenvalue weighted by molar-refractivity contribution is -0.114. The largest absolute Gasteiger partial charge is 0.376 e. The fraction of sp³-hybridized carbons (Fsp3) is 0.0588. The molecule has 0 aliphatic carbocycles. The number of carbonyl (C=O) groups excluding carboxylic acids is 1. The fourth-order valence-corrected chi connectivity index (χ4v) is 2.15. The van der Waals surface area contributed by atoms with E-state index in [0.29, 0.717) is 0 Å². The molecule has 0 unspecified atom stereocenters. The Labute approximate surface area is 128 Å². The second-order valence-electron chi connectivity index (χ2n) is 4.75. The molecule has 0 fully saturated rings. The molecule has 3 rings (SSSR count). The zero-order chi connectivity index (χ0) is 15.2. The van der Waals surface area contributed by atoms with Crippen molar-refractivity contribution in [2.75, 3.05) is 17.2 Å². The van der Waals surface area contributed by atoms with Crippen molar-refractivity contribution in [1.29, 1.82) is 0 Å². The van der Waals surface area contributed by atoms with Crippen LogP contribution in [0.1, 0.15) is 0 Å². The summed E-state index contributed by atoms with van der Waals surface area (Å²) >= 11 is 0. The maximum Gasteiger partial charge on any atom is 0.243 e. The van der Waals surface area contributed by atoms with E-state index in [1.54, 1.807) is 12.4 Å². The molecule has 0 spiro atoms. The summed E-state index contributed by atoms with van der Waals surface area (Å²) in [5, 5.41) is 5.99. The minimum absolute atomic E-state index is 0.101. The number of para-hydroxylation sites is 2. The predicted molar refractivity (Wildman–Crippen MR) is 87.1 cm³/mol. The Balaban J connectivity index is 1.67. The van der Waals surface area contributed by atoms with E-state index in [2.05, 4.69) is 15.6 Å². The Morgan fingerprint density at radius 1 is 1.00 bits per heavy atom. The average molecular weight is 292 g/mol. The van der Waals surface area contributed by atoms with Gasteiger partial charge in [0.2, 0.25) is 5.91 Å². The second kappa shape index (κ2) is 6.58. The van der Waals surface area contributed by atoms with E-state index in [-0.39, 0.29) is 12.5 Å². The summed E-state index contributed by atoms with van der Waals surface area (Å²) < 4.78 is 1.96. The predicted octanol–water partition coefficient (Wildman–Crippen LogP) is 2.92. The number of amides is 1. The molecule has 5 heteroatoms. The first-order valence-electron chi connectivity index (χ1n) is 6.99. The van der Waals surface area contributed by atoms with Gasteiger partial charge in [0.25, 0.3) is 0 Å². The molecular formula is C17H16N4O. The second-order valence-corrected chi connectivity index (χ2v) is 4.75. The van der Waals surface area contributed by atoms with Gasteiger partial charge in [-0.15, -0.1) is 0 Å². The summed E-state index contributed by atoms with van der Waals surface area (Å²) in [4.78, 5) is 16.0. The van der Waals surface area contributed by atoms with Gasteiger partial charge in [-0.1, -0.05) is 12.1 Å². The molecule has 0 atom stereocenters. The summed E-state index contributed by atoms with van der Waals surface area (Å²) in [6.45, 7) is 0.198. The Bertz CT molecular complexity index is 738. The quantitative estimate of drug-likeness (QED) is 0.760. The maximum atomic E-state index is 12.1. The van der Waals surface area contributed by atoms with Crippen molar-refractivity contribution in [2.45, 2.75) is 0 Å². The van der Waals surface area contributed by atoms with Gasteiger partial charge in [-0.2, -0.15) is 0 Å². The molecule has 0 saturated carbocycles. The highest BCUT2D eigenvalue weighted by atomic mass is 16.1. The lowest BCUT2D eigenvalue weighted by Gasteiger charge is -2.12. The number of pyridine rings is 1. The van der Waals surface area contributed by atoms with Crippen molar-refractivity contribution < 1.29 is 4.79 Å². The standard InChI is InChI=1S/C17H16N4O/c22-17(13-19-14-7-9-18-10-8-14)20-15-5-1-2-6-16(15)21-11-3-4-12-21/h1-12H,13H2,(H,18,19)(H,20,22). The number of nitrogens with zero attached hydrogens (tertiary/aromatic N) is 2. The van der Waals surface area contributed by atoms with E-state index in [1.807, 2.05) is 65.5 Å². The summed E-state index contributed by atoms with van der Waals surface area (Å²) in [5.41, 5.74) is 2.58. The third-order valence-electron chi connectivity index (χ3n) is 3.19. The molecule has 2 aromatic heterocycles. The molecule has 110 valence electrons. The number of carbonyl (C=O) groups is 1. The number of rotatable bonds is 5. The fourth-order valence-electron chi connectivity index (χ4n) is 2.15. The molecular weight excluding hydrogens is 276 g/mol. The van der Waals surface area contributed by atoms with E-state index >= 15 is 0 Å². The summed E-state index contributed by atoms with van der Waals surface area (Å²) in [6.07, 6.45) is 7.25. The van der Waals surface area contributed by atoms with Gasteiger partial charge in [0, 0.05) is 30.5 Å². The zero-order valence-corrected chi connectivity index (χ0v) is 11.9. The monoisotopic (exact) mass is 292 g/mol. The van der Waals surface area contributed by atoms with E-state index in [1.165, 1.54) is 0 Å². The van der Waals surface area contributed by atoms with E-state index < -0.39 is 0 Å². The summed E-state index contributed by atoms with van der Waals surface area (Å²) in [6, 6.07) is 15.2. The number of benzene rings is 1. The highest BCUT2D eigenvalue weighted by Crippen LogP contribution is 2.19. The Hall–Kier alpha value is -3.08. The van der Waals surface area contributed by atoms with E-state index in [4.69, 9.17) is 0 Å². The van der Waals surface area contributed by atoms with Crippen LogP contribution in [0, 0.1) is 0 Å². The van der Waals surface area contributed by atoms with Crippen LogP contribution < -0.4 is 10.6 Å². The molecule has 5 nitrogen and oxygen atoms in total. The van der Waals surface area contributed by atoms with Gasteiger partial charge in [0.15, 0.2) is 0 Å².